The van der Waals surface area contributed by atoms with Gasteiger partial charge in [-0.15, -0.1) is 0 Å². The number of ether oxygens (including phenoxy) is 1. The van der Waals surface area contributed by atoms with Gasteiger partial charge in [0.05, 0.1) is 18.6 Å². The molecule has 0 spiro atoms. The van der Waals surface area contributed by atoms with Gasteiger partial charge in [0.25, 0.3) is 0 Å². The average Bonchev–Trinajstić information content (AvgIpc) is 3.02. The van der Waals surface area contributed by atoms with Crippen molar-refractivity contribution < 1.29 is 19.4 Å². The third-order valence-corrected chi connectivity index (χ3v) is 8.73. The first kappa shape index (κ1) is 29.0. The summed E-state index contributed by atoms with van der Waals surface area (Å²) in [6.07, 6.45) is -0.0297. The van der Waals surface area contributed by atoms with Gasteiger partial charge in [-0.05, 0) is 43.9 Å². The van der Waals surface area contributed by atoms with Crippen molar-refractivity contribution in [1.82, 2.24) is 0 Å². The number of benzene rings is 4. The van der Waals surface area contributed by atoms with Gasteiger partial charge >= 0.3 is 5.97 Å². The maximum atomic E-state index is 14.7. The van der Waals surface area contributed by atoms with E-state index in [0.29, 0.717) is 16.7 Å². The maximum Gasteiger partial charge on any atom is 0.327 e. The van der Waals surface area contributed by atoms with Crippen molar-refractivity contribution in [3.63, 3.8) is 0 Å². The monoisotopic (exact) mass is 557 g/mol. The van der Waals surface area contributed by atoms with Gasteiger partial charge in [-0.2, -0.15) is 5.26 Å². The number of nitriles is 1. The molecule has 0 amide bonds. The summed E-state index contributed by atoms with van der Waals surface area (Å²) >= 11 is 0. The molecule has 5 rings (SSSR count). The molecule has 1 aliphatic carbocycles. The Hall–Kier alpha value is -4.53. The molecule has 1 aliphatic rings. The van der Waals surface area contributed by atoms with E-state index in [1.54, 1.807) is 31.2 Å². The van der Waals surface area contributed by atoms with Crippen LogP contribution in [-0.4, -0.2) is 23.5 Å². The molecular weight excluding hydrogens is 522 g/mol. The molecular formula is C37H35NO4. The molecule has 1 N–H and O–H groups in total. The highest BCUT2D eigenvalue weighted by molar-refractivity contribution is 6.00. The summed E-state index contributed by atoms with van der Waals surface area (Å²) < 4.78 is 5.68. The maximum absolute atomic E-state index is 14.7. The van der Waals surface area contributed by atoms with Gasteiger partial charge in [-0.25, -0.2) is 0 Å². The molecule has 5 heteroatoms. The normalized spacial score (nSPS) is 25.3. The number of hydrogen-bond acceptors (Lipinski definition) is 5. The van der Waals surface area contributed by atoms with Crippen LogP contribution in [0.2, 0.25) is 0 Å². The summed E-state index contributed by atoms with van der Waals surface area (Å²) in [7, 11) is 0. The summed E-state index contributed by atoms with van der Waals surface area (Å²) in [5, 5.41) is 24.1. The summed E-state index contributed by atoms with van der Waals surface area (Å²) in [6, 6.07) is 35.6. The first-order chi connectivity index (χ1) is 20.3. The smallest absolute Gasteiger partial charge is 0.327 e. The lowest BCUT2D eigenvalue weighted by atomic mass is 9.47. The van der Waals surface area contributed by atoms with Gasteiger partial charge in [0.1, 0.15) is 5.60 Å². The summed E-state index contributed by atoms with van der Waals surface area (Å²) in [4.78, 5) is 29.0. The molecule has 4 aromatic carbocycles. The van der Waals surface area contributed by atoms with Crippen LogP contribution in [0.4, 0.5) is 0 Å². The predicted molar refractivity (Wildman–Crippen MR) is 162 cm³/mol. The van der Waals surface area contributed by atoms with Crippen molar-refractivity contribution in [2.75, 3.05) is 6.61 Å². The molecule has 0 saturated heterocycles. The molecule has 5 nitrogen and oxygen atoms in total. The van der Waals surface area contributed by atoms with Crippen LogP contribution in [-0.2, 0) is 15.1 Å². The van der Waals surface area contributed by atoms with Gasteiger partial charge in [0, 0.05) is 17.4 Å². The molecule has 212 valence electrons. The third-order valence-electron chi connectivity index (χ3n) is 8.73. The highest BCUT2D eigenvalue weighted by Gasteiger charge is 2.67. The minimum absolute atomic E-state index is 0.0297. The van der Waals surface area contributed by atoms with Crippen molar-refractivity contribution in [3.05, 3.63) is 143 Å². The number of nitrogens with zero attached hydrogens (tertiary/aromatic N) is 1. The molecule has 0 unspecified atom stereocenters. The number of aryl methyl sites for hydroxylation is 2. The SMILES string of the molecule is CCOC(=O)[C@@]1(C#N)[C@@H](c2ccc(C)cc2)C[C@](O)(c2ccccc2)[C@H](C(=O)c2ccccc2)[C@@H]1c1ccc(C)cc1. The number of hydrogen-bond donors (Lipinski definition) is 1. The van der Waals surface area contributed by atoms with Gasteiger partial charge in [-0.1, -0.05) is 120 Å². The lowest BCUT2D eigenvalue weighted by Gasteiger charge is -2.54. The lowest BCUT2D eigenvalue weighted by Crippen LogP contribution is -2.59. The quantitative estimate of drug-likeness (QED) is 0.195. The summed E-state index contributed by atoms with van der Waals surface area (Å²) in [6.45, 7) is 5.71. The zero-order chi connectivity index (χ0) is 29.9. The fourth-order valence-electron chi connectivity index (χ4n) is 6.65. The Labute approximate surface area is 247 Å². The first-order valence-electron chi connectivity index (χ1n) is 14.3. The number of rotatable bonds is 7. The number of aliphatic hydroxyl groups is 1. The molecule has 0 heterocycles. The molecule has 0 aromatic heterocycles. The Morgan fingerprint density at radius 1 is 0.833 bits per heavy atom. The Morgan fingerprint density at radius 2 is 1.36 bits per heavy atom. The van der Waals surface area contributed by atoms with E-state index in [4.69, 9.17) is 4.74 Å². The van der Waals surface area contributed by atoms with E-state index in [2.05, 4.69) is 6.07 Å². The van der Waals surface area contributed by atoms with Crippen molar-refractivity contribution in [2.24, 2.45) is 11.3 Å². The van der Waals surface area contributed by atoms with Gasteiger partial charge in [0.2, 0.25) is 0 Å². The molecule has 0 aliphatic heterocycles. The third kappa shape index (κ3) is 4.93. The first-order valence-corrected chi connectivity index (χ1v) is 14.3. The van der Waals surface area contributed by atoms with Crippen LogP contribution in [0.3, 0.4) is 0 Å². The van der Waals surface area contributed by atoms with Crippen molar-refractivity contribution >= 4 is 11.8 Å². The minimum Gasteiger partial charge on any atom is -0.465 e. The van der Waals surface area contributed by atoms with Gasteiger partial charge in [0.15, 0.2) is 11.2 Å². The van der Waals surface area contributed by atoms with Crippen LogP contribution >= 0.6 is 0 Å². The highest BCUT2D eigenvalue weighted by Crippen LogP contribution is 2.63. The van der Waals surface area contributed by atoms with E-state index < -0.39 is 34.7 Å². The Kier molecular flexibility index (Phi) is 8.11. The van der Waals surface area contributed by atoms with E-state index in [-0.39, 0.29) is 18.8 Å². The van der Waals surface area contributed by atoms with Crippen LogP contribution in [0.15, 0.2) is 109 Å². The Bertz CT molecular complexity index is 1590. The van der Waals surface area contributed by atoms with E-state index in [1.807, 2.05) is 98.8 Å². The topological polar surface area (TPSA) is 87.4 Å². The summed E-state index contributed by atoms with van der Waals surface area (Å²) in [5.74, 6) is -4.00. The van der Waals surface area contributed by atoms with Crippen molar-refractivity contribution in [1.29, 1.82) is 5.26 Å². The zero-order valence-corrected chi connectivity index (χ0v) is 24.2. The average molecular weight is 558 g/mol. The van der Waals surface area contributed by atoms with E-state index in [1.165, 1.54) is 0 Å². The Balaban J connectivity index is 1.89. The van der Waals surface area contributed by atoms with Crippen LogP contribution in [0, 0.1) is 36.5 Å². The molecule has 0 bridgehead atoms. The molecule has 42 heavy (non-hydrogen) atoms. The molecule has 1 fully saturated rings. The van der Waals surface area contributed by atoms with E-state index in [9.17, 15) is 20.0 Å². The standard InChI is InChI=1S/C37H35NO4/c1-4-42-35(40)36(24-38)31(27-19-15-25(2)16-20-27)23-37(41,30-13-9-6-10-14-30)33(34(39)29-11-7-5-8-12-29)32(36)28-21-17-26(3)18-22-28/h5-22,31-33,41H,4,23H2,1-3H3/t31-,32+,33+,36+,37+/m1/s1. The second-order valence-electron chi connectivity index (χ2n) is 11.3. The van der Waals surface area contributed by atoms with Crippen LogP contribution in [0.25, 0.3) is 0 Å². The molecule has 5 atom stereocenters. The minimum atomic E-state index is -1.81. The van der Waals surface area contributed by atoms with Crippen LogP contribution in [0.1, 0.15) is 63.4 Å². The number of esters is 1. The van der Waals surface area contributed by atoms with E-state index >= 15 is 0 Å². The number of Topliss-reactive ketones (excluding diaryl/α,β-unsaturated/α-hetero) is 1. The predicted octanol–water partition coefficient (Wildman–Crippen LogP) is 7.03. The second kappa shape index (κ2) is 11.8. The van der Waals surface area contributed by atoms with Gasteiger partial charge in [-0.3, -0.25) is 9.59 Å². The van der Waals surface area contributed by atoms with Gasteiger partial charge < -0.3 is 9.84 Å². The van der Waals surface area contributed by atoms with Crippen LogP contribution < -0.4 is 0 Å². The largest absolute Gasteiger partial charge is 0.465 e. The zero-order valence-electron chi connectivity index (χ0n) is 24.2. The molecule has 1 saturated carbocycles. The molecule has 4 aromatic rings. The van der Waals surface area contributed by atoms with Crippen LogP contribution in [0.5, 0.6) is 0 Å². The second-order valence-corrected chi connectivity index (χ2v) is 11.3. The Morgan fingerprint density at radius 3 is 1.88 bits per heavy atom. The number of carbonyl (C=O) groups excluding carboxylic acids is 2. The van der Waals surface area contributed by atoms with E-state index in [0.717, 1.165) is 16.7 Å². The lowest BCUT2D eigenvalue weighted by molar-refractivity contribution is -0.164. The number of ketones is 1. The fraction of sp³-hybridized carbons (Fsp3) is 0.270. The number of carbonyl (C=O) groups is 2. The van der Waals surface area contributed by atoms with Crippen molar-refractivity contribution in [3.8, 4) is 6.07 Å². The molecule has 0 radical (unpaired) electrons. The fourth-order valence-corrected chi connectivity index (χ4v) is 6.65. The van der Waals surface area contributed by atoms with Crippen molar-refractivity contribution in [2.45, 2.75) is 44.6 Å². The highest BCUT2D eigenvalue weighted by atomic mass is 16.5. The summed E-state index contributed by atoms with van der Waals surface area (Å²) in [5.41, 5.74) is 0.805.